The summed E-state index contributed by atoms with van der Waals surface area (Å²) in [7, 11) is 0. The fourth-order valence-corrected chi connectivity index (χ4v) is 3.04. The van der Waals surface area contributed by atoms with E-state index in [1.165, 1.54) is 11.1 Å². The highest BCUT2D eigenvalue weighted by molar-refractivity contribution is 6.04. The van der Waals surface area contributed by atoms with Gasteiger partial charge in [-0.25, -0.2) is 0 Å². The van der Waals surface area contributed by atoms with E-state index < -0.39 is 0 Å². The topological polar surface area (TPSA) is 46.9 Å². The van der Waals surface area contributed by atoms with Gasteiger partial charge in [-0.2, -0.15) is 5.10 Å². The van der Waals surface area contributed by atoms with Crippen LogP contribution in [-0.4, -0.2) is 15.7 Å². The van der Waals surface area contributed by atoms with Gasteiger partial charge in [0, 0.05) is 11.8 Å². The Balaban J connectivity index is 1.41. The van der Waals surface area contributed by atoms with E-state index >= 15 is 0 Å². The van der Waals surface area contributed by atoms with Crippen LogP contribution in [0, 0.1) is 6.92 Å². The van der Waals surface area contributed by atoms with Gasteiger partial charge in [0.05, 0.1) is 18.4 Å². The van der Waals surface area contributed by atoms with Crippen molar-refractivity contribution >= 4 is 11.6 Å². The van der Waals surface area contributed by atoms with Crippen LogP contribution >= 0.6 is 0 Å². The molecule has 0 aliphatic carbocycles. The van der Waals surface area contributed by atoms with Crippen molar-refractivity contribution in [2.75, 3.05) is 5.32 Å². The summed E-state index contributed by atoms with van der Waals surface area (Å²) in [5.41, 5.74) is 5.92. The summed E-state index contributed by atoms with van der Waals surface area (Å²) in [5.74, 6) is -0.144. The predicted molar refractivity (Wildman–Crippen MR) is 112 cm³/mol. The molecule has 4 heteroatoms. The number of benzene rings is 3. The maximum atomic E-state index is 12.5. The van der Waals surface area contributed by atoms with Crippen LogP contribution in [0.1, 0.15) is 21.5 Å². The lowest BCUT2D eigenvalue weighted by atomic mass is 10.0. The van der Waals surface area contributed by atoms with E-state index in [2.05, 4.69) is 53.7 Å². The molecule has 1 aromatic heterocycles. The van der Waals surface area contributed by atoms with Crippen LogP contribution in [0.15, 0.2) is 91.3 Å². The van der Waals surface area contributed by atoms with Crippen LogP contribution < -0.4 is 5.32 Å². The number of rotatable bonds is 5. The Morgan fingerprint density at radius 1 is 0.893 bits per heavy atom. The molecule has 0 spiro atoms. The largest absolute Gasteiger partial charge is 0.319 e. The fourth-order valence-electron chi connectivity index (χ4n) is 3.04. The summed E-state index contributed by atoms with van der Waals surface area (Å²) in [6.07, 6.45) is 3.51. The number of carbonyl (C=O) groups excluding carboxylic acids is 1. The summed E-state index contributed by atoms with van der Waals surface area (Å²) in [5, 5.41) is 7.25. The molecule has 0 radical (unpaired) electrons. The van der Waals surface area contributed by atoms with Gasteiger partial charge in [-0.15, -0.1) is 0 Å². The Morgan fingerprint density at radius 3 is 2.29 bits per heavy atom. The van der Waals surface area contributed by atoms with Crippen LogP contribution in [-0.2, 0) is 6.54 Å². The molecule has 1 N–H and O–H groups in total. The maximum absolute atomic E-state index is 12.5. The lowest BCUT2D eigenvalue weighted by Crippen LogP contribution is -2.11. The van der Waals surface area contributed by atoms with Crippen molar-refractivity contribution in [1.29, 1.82) is 0 Å². The normalized spacial score (nSPS) is 10.6. The average Bonchev–Trinajstić information content (AvgIpc) is 3.17. The number of hydrogen-bond acceptors (Lipinski definition) is 2. The van der Waals surface area contributed by atoms with Gasteiger partial charge < -0.3 is 5.32 Å². The van der Waals surface area contributed by atoms with E-state index in [0.29, 0.717) is 17.8 Å². The van der Waals surface area contributed by atoms with E-state index in [4.69, 9.17) is 0 Å². The average molecular weight is 367 g/mol. The Kier molecular flexibility index (Phi) is 5.02. The Hall–Kier alpha value is -3.66. The lowest BCUT2D eigenvalue weighted by Gasteiger charge is -2.05. The van der Waals surface area contributed by atoms with Gasteiger partial charge in [-0.3, -0.25) is 9.48 Å². The Morgan fingerprint density at radius 2 is 1.57 bits per heavy atom. The fraction of sp³-hybridized carbons (Fsp3) is 0.0833. The molecule has 0 fully saturated rings. The minimum absolute atomic E-state index is 0.144. The molecule has 0 saturated heterocycles. The van der Waals surface area contributed by atoms with Crippen molar-refractivity contribution < 1.29 is 4.79 Å². The van der Waals surface area contributed by atoms with Crippen molar-refractivity contribution in [1.82, 2.24) is 9.78 Å². The van der Waals surface area contributed by atoms with Gasteiger partial charge >= 0.3 is 0 Å². The van der Waals surface area contributed by atoms with Crippen molar-refractivity contribution in [2.45, 2.75) is 13.5 Å². The molecular formula is C24H21N3O. The molecule has 4 nitrogen and oxygen atoms in total. The smallest absolute Gasteiger partial charge is 0.255 e. The number of aryl methyl sites for hydroxylation is 1. The van der Waals surface area contributed by atoms with Crippen molar-refractivity contribution in [3.05, 3.63) is 108 Å². The predicted octanol–water partition coefficient (Wildman–Crippen LogP) is 5.16. The van der Waals surface area contributed by atoms with Gasteiger partial charge in [-0.05, 0) is 35.7 Å². The molecule has 0 bridgehead atoms. The van der Waals surface area contributed by atoms with Crippen molar-refractivity contribution in [3.63, 3.8) is 0 Å². The molecule has 138 valence electrons. The first kappa shape index (κ1) is 17.7. The summed E-state index contributed by atoms with van der Waals surface area (Å²) in [6, 6.07) is 26.1. The summed E-state index contributed by atoms with van der Waals surface area (Å²) in [4.78, 5) is 12.5. The van der Waals surface area contributed by atoms with E-state index in [1.54, 1.807) is 6.20 Å². The zero-order valence-corrected chi connectivity index (χ0v) is 15.7. The molecule has 0 atom stereocenters. The van der Waals surface area contributed by atoms with Gasteiger partial charge in [0.25, 0.3) is 5.91 Å². The van der Waals surface area contributed by atoms with Crippen LogP contribution in [0.3, 0.4) is 0 Å². The standard InChI is InChI=1S/C24H21N3O/c1-18-7-9-19(10-8-18)16-27-17-23(15-25-27)26-24(28)22-13-11-21(12-14-22)20-5-3-2-4-6-20/h2-15,17H,16H2,1H3,(H,26,28). The monoisotopic (exact) mass is 367 g/mol. The summed E-state index contributed by atoms with van der Waals surface area (Å²) in [6.45, 7) is 2.74. The third kappa shape index (κ3) is 4.18. The zero-order chi connectivity index (χ0) is 19.3. The van der Waals surface area contributed by atoms with E-state index in [1.807, 2.05) is 53.3 Å². The molecule has 0 aliphatic rings. The number of nitrogens with one attached hydrogen (secondary N) is 1. The van der Waals surface area contributed by atoms with Crippen LogP contribution in [0.5, 0.6) is 0 Å². The SMILES string of the molecule is Cc1ccc(Cn2cc(NC(=O)c3ccc(-c4ccccc4)cc3)cn2)cc1. The zero-order valence-electron chi connectivity index (χ0n) is 15.7. The summed E-state index contributed by atoms with van der Waals surface area (Å²) < 4.78 is 1.82. The Labute approximate surface area is 164 Å². The molecule has 28 heavy (non-hydrogen) atoms. The molecule has 4 rings (SSSR count). The highest BCUT2D eigenvalue weighted by atomic mass is 16.1. The molecule has 0 aliphatic heterocycles. The van der Waals surface area contributed by atoms with Gasteiger partial charge in [0.2, 0.25) is 0 Å². The highest BCUT2D eigenvalue weighted by Crippen LogP contribution is 2.20. The highest BCUT2D eigenvalue weighted by Gasteiger charge is 2.08. The number of aromatic nitrogens is 2. The first-order valence-electron chi connectivity index (χ1n) is 9.22. The maximum Gasteiger partial charge on any atom is 0.255 e. The quantitative estimate of drug-likeness (QED) is 0.530. The van der Waals surface area contributed by atoms with E-state index in [0.717, 1.165) is 11.1 Å². The number of carbonyl (C=O) groups is 1. The second-order valence-corrected chi connectivity index (χ2v) is 6.81. The van der Waals surface area contributed by atoms with E-state index in [-0.39, 0.29) is 5.91 Å². The number of anilines is 1. The second-order valence-electron chi connectivity index (χ2n) is 6.81. The number of amides is 1. The molecule has 3 aromatic carbocycles. The van der Waals surface area contributed by atoms with Crippen LogP contribution in [0.4, 0.5) is 5.69 Å². The third-order valence-electron chi connectivity index (χ3n) is 4.61. The van der Waals surface area contributed by atoms with Crippen molar-refractivity contribution in [3.8, 4) is 11.1 Å². The number of hydrogen-bond donors (Lipinski definition) is 1. The number of nitrogens with zero attached hydrogens (tertiary/aromatic N) is 2. The van der Waals surface area contributed by atoms with Gasteiger partial charge in [0.15, 0.2) is 0 Å². The van der Waals surface area contributed by atoms with Crippen molar-refractivity contribution in [2.24, 2.45) is 0 Å². The van der Waals surface area contributed by atoms with E-state index in [9.17, 15) is 4.79 Å². The molecule has 4 aromatic rings. The van der Waals surface area contributed by atoms with Gasteiger partial charge in [0.1, 0.15) is 0 Å². The first-order valence-corrected chi connectivity index (χ1v) is 9.22. The third-order valence-corrected chi connectivity index (χ3v) is 4.61. The molecule has 1 heterocycles. The van der Waals surface area contributed by atoms with Gasteiger partial charge in [-0.1, -0.05) is 72.3 Å². The molecular weight excluding hydrogens is 346 g/mol. The summed E-state index contributed by atoms with van der Waals surface area (Å²) >= 11 is 0. The minimum Gasteiger partial charge on any atom is -0.319 e. The minimum atomic E-state index is -0.144. The Bertz CT molecular complexity index is 1070. The van der Waals surface area contributed by atoms with Crippen LogP contribution in [0.2, 0.25) is 0 Å². The lowest BCUT2D eigenvalue weighted by molar-refractivity contribution is 0.102. The van der Waals surface area contributed by atoms with Crippen LogP contribution in [0.25, 0.3) is 11.1 Å². The molecule has 0 saturated carbocycles. The second kappa shape index (κ2) is 7.92. The molecule has 0 unspecified atom stereocenters. The first-order chi connectivity index (χ1) is 13.7. The molecule has 1 amide bonds.